The van der Waals surface area contributed by atoms with Crippen molar-refractivity contribution in [3.05, 3.63) is 0 Å². The molecule has 1 heterocycles. The highest BCUT2D eigenvalue weighted by molar-refractivity contribution is 5.82. The van der Waals surface area contributed by atoms with E-state index in [1.165, 1.54) is 21.0 Å². The van der Waals surface area contributed by atoms with Crippen LogP contribution in [0, 0.1) is 0 Å². The van der Waals surface area contributed by atoms with Crippen molar-refractivity contribution in [1.82, 2.24) is 0 Å². The molecule has 2 atom stereocenters. The number of hydrogen-bond donors (Lipinski definition) is 1. The summed E-state index contributed by atoms with van der Waals surface area (Å²) in [6.07, 6.45) is -1.25. The molecule has 0 aromatic heterocycles. The third-order valence-electron chi connectivity index (χ3n) is 2.46. The van der Waals surface area contributed by atoms with Gasteiger partial charge in [0.25, 0.3) is 0 Å². The van der Waals surface area contributed by atoms with Crippen LogP contribution in [0.15, 0.2) is 0 Å². The molecule has 106 valence electrons. The lowest BCUT2D eigenvalue weighted by atomic mass is 10.1. The predicted octanol–water partition coefficient (Wildman–Crippen LogP) is 0.815. The van der Waals surface area contributed by atoms with Gasteiger partial charge in [-0.2, -0.15) is 0 Å². The highest BCUT2D eigenvalue weighted by Crippen LogP contribution is 2.22. The summed E-state index contributed by atoms with van der Waals surface area (Å²) >= 11 is 0. The third kappa shape index (κ3) is 4.99. The molecule has 1 fully saturated rings. The van der Waals surface area contributed by atoms with Crippen LogP contribution in [0.2, 0.25) is 0 Å². The number of methoxy groups -OCH3 is 1. The van der Waals surface area contributed by atoms with Crippen LogP contribution in [0.4, 0.5) is 0 Å². The molecule has 0 aliphatic carbocycles. The summed E-state index contributed by atoms with van der Waals surface area (Å²) in [5.74, 6) is -2.39. The van der Waals surface area contributed by atoms with Crippen LogP contribution < -0.4 is 0 Å². The molecule has 0 radical (unpaired) electrons. The van der Waals surface area contributed by atoms with Gasteiger partial charge in [0.05, 0.1) is 12.7 Å². The van der Waals surface area contributed by atoms with Gasteiger partial charge in [-0.1, -0.05) is 0 Å². The van der Waals surface area contributed by atoms with E-state index in [0.29, 0.717) is 0 Å². The Morgan fingerprint density at radius 2 is 1.89 bits per heavy atom. The Kier molecular flexibility index (Phi) is 4.85. The fourth-order valence-electron chi connectivity index (χ4n) is 1.56. The molecule has 1 aliphatic rings. The molecule has 1 aliphatic heterocycles. The molecular formula is C12H22O6. The zero-order chi connectivity index (χ0) is 14.0. The molecule has 0 bridgehead atoms. The SMILES string of the molecule is COC(C)(C)OC1OC[C@@H](OC(C)(C)O)CC1=O. The van der Waals surface area contributed by atoms with Gasteiger partial charge in [0.15, 0.2) is 17.4 Å². The summed E-state index contributed by atoms with van der Waals surface area (Å²) in [5, 5.41) is 9.51. The van der Waals surface area contributed by atoms with Gasteiger partial charge in [-0.05, 0) is 27.7 Å². The molecule has 1 unspecified atom stereocenters. The third-order valence-corrected chi connectivity index (χ3v) is 2.46. The molecule has 6 heteroatoms. The molecule has 0 amide bonds. The minimum absolute atomic E-state index is 0.147. The number of ketones is 1. The smallest absolute Gasteiger partial charge is 0.220 e. The maximum absolute atomic E-state index is 11.8. The van der Waals surface area contributed by atoms with Crippen molar-refractivity contribution < 1.29 is 28.8 Å². The maximum atomic E-state index is 11.8. The minimum atomic E-state index is -1.28. The molecular weight excluding hydrogens is 240 g/mol. The largest absolute Gasteiger partial charge is 0.366 e. The Morgan fingerprint density at radius 3 is 2.33 bits per heavy atom. The lowest BCUT2D eigenvalue weighted by Gasteiger charge is -2.34. The quantitative estimate of drug-likeness (QED) is 0.739. The van der Waals surface area contributed by atoms with E-state index >= 15 is 0 Å². The fraction of sp³-hybridized carbons (Fsp3) is 0.917. The Balaban J connectivity index is 2.49. The van der Waals surface area contributed by atoms with Crippen molar-refractivity contribution in [3.63, 3.8) is 0 Å². The second kappa shape index (κ2) is 5.63. The summed E-state index contributed by atoms with van der Waals surface area (Å²) in [7, 11) is 1.49. The number of aliphatic hydroxyl groups is 1. The molecule has 1 N–H and O–H groups in total. The maximum Gasteiger partial charge on any atom is 0.220 e. The van der Waals surface area contributed by atoms with Gasteiger partial charge in [-0.15, -0.1) is 0 Å². The van der Waals surface area contributed by atoms with Crippen molar-refractivity contribution in [2.24, 2.45) is 0 Å². The van der Waals surface area contributed by atoms with Crippen LogP contribution >= 0.6 is 0 Å². The van der Waals surface area contributed by atoms with Crippen molar-refractivity contribution in [3.8, 4) is 0 Å². The summed E-state index contributed by atoms with van der Waals surface area (Å²) in [5.41, 5.74) is 0. The molecule has 0 saturated carbocycles. The van der Waals surface area contributed by atoms with E-state index in [1.807, 2.05) is 0 Å². The van der Waals surface area contributed by atoms with Crippen molar-refractivity contribution >= 4 is 5.78 Å². The summed E-state index contributed by atoms with van der Waals surface area (Å²) in [6, 6.07) is 0. The van der Waals surface area contributed by atoms with Crippen LogP contribution in [0.1, 0.15) is 34.1 Å². The zero-order valence-corrected chi connectivity index (χ0v) is 11.6. The lowest BCUT2D eigenvalue weighted by Crippen LogP contribution is -2.47. The van der Waals surface area contributed by atoms with E-state index in [9.17, 15) is 9.90 Å². The molecule has 0 aromatic rings. The van der Waals surface area contributed by atoms with Crippen LogP contribution in [0.5, 0.6) is 0 Å². The molecule has 1 saturated heterocycles. The standard InChI is InChI=1S/C12H22O6/c1-11(2,14)17-8-6-9(13)10(16-7-8)18-12(3,4)15-5/h8,10,14H,6-7H2,1-5H3/t8-,10?/m0/s1. The minimum Gasteiger partial charge on any atom is -0.366 e. The molecule has 18 heavy (non-hydrogen) atoms. The van der Waals surface area contributed by atoms with E-state index in [-0.39, 0.29) is 18.8 Å². The first-order chi connectivity index (χ1) is 8.13. The number of carbonyl (C=O) groups excluding carboxylic acids is 1. The average molecular weight is 262 g/mol. The van der Waals surface area contributed by atoms with Gasteiger partial charge in [0.1, 0.15) is 0 Å². The van der Waals surface area contributed by atoms with Gasteiger partial charge >= 0.3 is 0 Å². The lowest BCUT2D eigenvalue weighted by molar-refractivity contribution is -0.297. The monoisotopic (exact) mass is 262 g/mol. The van der Waals surface area contributed by atoms with Crippen molar-refractivity contribution in [1.29, 1.82) is 0 Å². The number of rotatable bonds is 5. The Hall–Kier alpha value is -0.530. The first-order valence-corrected chi connectivity index (χ1v) is 5.90. The second-order valence-electron chi connectivity index (χ2n) is 5.24. The van der Waals surface area contributed by atoms with Crippen LogP contribution in [-0.2, 0) is 23.7 Å². The number of carbonyl (C=O) groups is 1. The van der Waals surface area contributed by atoms with E-state index < -0.39 is 24.0 Å². The molecule has 0 aromatic carbocycles. The topological polar surface area (TPSA) is 74.2 Å². The van der Waals surface area contributed by atoms with Crippen molar-refractivity contribution in [2.75, 3.05) is 13.7 Å². The van der Waals surface area contributed by atoms with Gasteiger partial charge in [-0.3, -0.25) is 4.79 Å². The number of hydrogen-bond acceptors (Lipinski definition) is 6. The fourth-order valence-corrected chi connectivity index (χ4v) is 1.56. The van der Waals surface area contributed by atoms with Crippen LogP contribution in [-0.4, -0.2) is 48.6 Å². The summed E-state index contributed by atoms with van der Waals surface area (Å²) in [6.45, 7) is 6.61. The van der Waals surface area contributed by atoms with Gasteiger partial charge in [-0.25, -0.2) is 0 Å². The zero-order valence-electron chi connectivity index (χ0n) is 11.6. The van der Waals surface area contributed by atoms with Gasteiger partial charge in [0.2, 0.25) is 6.29 Å². The first-order valence-electron chi connectivity index (χ1n) is 5.90. The average Bonchev–Trinajstić information content (AvgIpc) is 2.20. The second-order valence-corrected chi connectivity index (χ2v) is 5.24. The summed E-state index contributed by atoms with van der Waals surface area (Å²) in [4.78, 5) is 11.8. The van der Waals surface area contributed by atoms with Gasteiger partial charge < -0.3 is 24.1 Å². The Bertz CT molecular complexity index is 293. The van der Waals surface area contributed by atoms with Crippen LogP contribution in [0.3, 0.4) is 0 Å². The van der Waals surface area contributed by atoms with Gasteiger partial charge in [0, 0.05) is 13.5 Å². The van der Waals surface area contributed by atoms with E-state index in [0.717, 1.165) is 0 Å². The molecule has 0 spiro atoms. The highest BCUT2D eigenvalue weighted by Gasteiger charge is 2.36. The first kappa shape index (κ1) is 15.5. The normalized spacial score (nSPS) is 26.4. The number of ether oxygens (including phenoxy) is 4. The molecule has 6 nitrogen and oxygen atoms in total. The highest BCUT2D eigenvalue weighted by atomic mass is 16.8. The van der Waals surface area contributed by atoms with Crippen molar-refractivity contribution in [2.45, 2.75) is 58.1 Å². The predicted molar refractivity (Wildman–Crippen MR) is 62.7 cm³/mol. The van der Waals surface area contributed by atoms with Crippen LogP contribution in [0.25, 0.3) is 0 Å². The van der Waals surface area contributed by atoms with E-state index in [1.54, 1.807) is 13.8 Å². The molecule has 1 rings (SSSR count). The number of Topliss-reactive ketones (excluding diaryl/α,β-unsaturated/α-hetero) is 1. The summed E-state index contributed by atoms with van der Waals surface area (Å²) < 4.78 is 21.1. The Morgan fingerprint density at radius 1 is 1.28 bits per heavy atom. The van der Waals surface area contributed by atoms with E-state index in [4.69, 9.17) is 18.9 Å². The van der Waals surface area contributed by atoms with E-state index in [2.05, 4.69) is 0 Å². The Labute approximate surface area is 107 Å².